The van der Waals surface area contributed by atoms with E-state index in [-0.39, 0.29) is 24.7 Å². The molecule has 0 saturated carbocycles. The lowest BCUT2D eigenvalue weighted by molar-refractivity contribution is -0.148. The SMILES string of the molecule is O=C(OCCS(=O)(=O)O)C1CC2C=CC1O2. The van der Waals surface area contributed by atoms with E-state index >= 15 is 0 Å². The Morgan fingerprint density at radius 2 is 2.25 bits per heavy atom. The fourth-order valence-corrected chi connectivity index (χ4v) is 2.15. The molecule has 1 saturated heterocycles. The van der Waals surface area contributed by atoms with Crippen LogP contribution in [0, 0.1) is 5.92 Å². The van der Waals surface area contributed by atoms with Gasteiger partial charge >= 0.3 is 5.97 Å². The summed E-state index contributed by atoms with van der Waals surface area (Å²) in [5.41, 5.74) is 0. The zero-order valence-corrected chi connectivity index (χ0v) is 9.22. The van der Waals surface area contributed by atoms with Crippen LogP contribution in [0.15, 0.2) is 12.2 Å². The molecule has 2 heterocycles. The van der Waals surface area contributed by atoms with Gasteiger partial charge in [-0.1, -0.05) is 12.2 Å². The molecular weight excluding hydrogens is 236 g/mol. The molecule has 3 atom stereocenters. The molecule has 1 N–H and O–H groups in total. The molecule has 16 heavy (non-hydrogen) atoms. The number of hydrogen-bond donors (Lipinski definition) is 1. The highest BCUT2D eigenvalue weighted by molar-refractivity contribution is 7.85. The van der Waals surface area contributed by atoms with E-state index in [1.54, 1.807) is 0 Å². The molecular formula is C9H12O6S. The summed E-state index contributed by atoms with van der Waals surface area (Å²) in [4.78, 5) is 11.5. The molecule has 0 aromatic rings. The summed E-state index contributed by atoms with van der Waals surface area (Å²) in [6.07, 6.45) is 4.01. The van der Waals surface area contributed by atoms with Gasteiger partial charge in [-0.15, -0.1) is 0 Å². The minimum atomic E-state index is -4.08. The third-order valence-electron chi connectivity index (χ3n) is 2.62. The van der Waals surface area contributed by atoms with Crippen LogP contribution in [0.4, 0.5) is 0 Å². The van der Waals surface area contributed by atoms with E-state index in [4.69, 9.17) is 14.0 Å². The smallest absolute Gasteiger partial charge is 0.312 e. The number of carbonyl (C=O) groups excluding carboxylic acids is 1. The van der Waals surface area contributed by atoms with Gasteiger partial charge < -0.3 is 9.47 Å². The van der Waals surface area contributed by atoms with Gasteiger partial charge in [-0.3, -0.25) is 9.35 Å². The van der Waals surface area contributed by atoms with Crippen LogP contribution in [-0.2, 0) is 24.4 Å². The maximum atomic E-state index is 11.5. The van der Waals surface area contributed by atoms with Crippen molar-refractivity contribution in [2.24, 2.45) is 5.92 Å². The van der Waals surface area contributed by atoms with Gasteiger partial charge in [0, 0.05) is 0 Å². The van der Waals surface area contributed by atoms with Gasteiger partial charge in [0.1, 0.15) is 12.4 Å². The van der Waals surface area contributed by atoms with Crippen LogP contribution in [0.25, 0.3) is 0 Å². The number of carbonyl (C=O) groups is 1. The Morgan fingerprint density at radius 3 is 2.75 bits per heavy atom. The number of hydrogen-bond acceptors (Lipinski definition) is 5. The standard InChI is InChI=1S/C9H12O6S/c10-9(14-3-4-16(11,12)13)7-5-6-1-2-8(7)15-6/h1-2,6-8H,3-5H2,(H,11,12,13). The summed E-state index contributed by atoms with van der Waals surface area (Å²) in [5.74, 6) is -1.40. The summed E-state index contributed by atoms with van der Waals surface area (Å²) in [5, 5.41) is 0. The molecule has 7 heteroatoms. The van der Waals surface area contributed by atoms with Crippen molar-refractivity contribution in [2.75, 3.05) is 12.4 Å². The molecule has 2 bridgehead atoms. The quantitative estimate of drug-likeness (QED) is 0.419. The predicted molar refractivity (Wildman–Crippen MR) is 53.3 cm³/mol. The summed E-state index contributed by atoms with van der Waals surface area (Å²) in [6.45, 7) is -0.324. The second-order valence-corrected chi connectivity index (χ2v) is 5.39. The molecule has 0 radical (unpaired) electrons. The highest BCUT2D eigenvalue weighted by atomic mass is 32.2. The number of esters is 1. The van der Waals surface area contributed by atoms with Crippen molar-refractivity contribution < 1.29 is 27.2 Å². The van der Waals surface area contributed by atoms with Crippen LogP contribution >= 0.6 is 0 Å². The van der Waals surface area contributed by atoms with Crippen molar-refractivity contribution in [3.05, 3.63) is 12.2 Å². The lowest BCUT2D eigenvalue weighted by atomic mass is 9.95. The van der Waals surface area contributed by atoms with Gasteiger partial charge in [0.15, 0.2) is 0 Å². The molecule has 1 fully saturated rings. The summed E-state index contributed by atoms with van der Waals surface area (Å²) >= 11 is 0. The van der Waals surface area contributed by atoms with Crippen LogP contribution < -0.4 is 0 Å². The highest BCUT2D eigenvalue weighted by Crippen LogP contribution is 2.34. The molecule has 0 spiro atoms. The Bertz CT molecular complexity index is 412. The Hall–Kier alpha value is -0.920. The van der Waals surface area contributed by atoms with E-state index in [0.717, 1.165) is 0 Å². The minimum Gasteiger partial charge on any atom is -0.464 e. The highest BCUT2D eigenvalue weighted by Gasteiger charge is 2.41. The van der Waals surface area contributed by atoms with Gasteiger partial charge in [0.05, 0.1) is 18.1 Å². The molecule has 0 aromatic heterocycles. The van der Waals surface area contributed by atoms with Crippen molar-refractivity contribution in [1.82, 2.24) is 0 Å². The van der Waals surface area contributed by atoms with Gasteiger partial charge in [-0.25, -0.2) is 0 Å². The molecule has 3 unspecified atom stereocenters. The second kappa shape index (κ2) is 4.15. The molecule has 6 nitrogen and oxygen atoms in total. The van der Waals surface area contributed by atoms with Gasteiger partial charge in [-0.2, -0.15) is 8.42 Å². The maximum absolute atomic E-state index is 11.5. The van der Waals surface area contributed by atoms with E-state index in [1.807, 2.05) is 12.2 Å². The van der Waals surface area contributed by atoms with Crippen molar-refractivity contribution in [1.29, 1.82) is 0 Å². The normalized spacial score (nSPS) is 31.9. The third-order valence-corrected chi connectivity index (χ3v) is 3.30. The first-order chi connectivity index (χ1) is 7.46. The van der Waals surface area contributed by atoms with E-state index in [9.17, 15) is 13.2 Å². The first kappa shape index (κ1) is 11.6. The number of ether oxygens (including phenoxy) is 2. The first-order valence-corrected chi connectivity index (χ1v) is 6.52. The maximum Gasteiger partial charge on any atom is 0.312 e. The van der Waals surface area contributed by atoms with Crippen molar-refractivity contribution >= 4 is 16.1 Å². The lowest BCUT2D eigenvalue weighted by Gasteiger charge is -2.13. The molecule has 0 aliphatic carbocycles. The number of fused-ring (bicyclic) bond motifs is 2. The summed E-state index contributed by atoms with van der Waals surface area (Å²) in [6, 6.07) is 0. The average molecular weight is 248 g/mol. The minimum absolute atomic E-state index is 0.0240. The van der Waals surface area contributed by atoms with Crippen LogP contribution in [0.1, 0.15) is 6.42 Å². The van der Waals surface area contributed by atoms with Crippen molar-refractivity contribution in [2.45, 2.75) is 18.6 Å². The van der Waals surface area contributed by atoms with E-state index in [2.05, 4.69) is 0 Å². The molecule has 2 aliphatic rings. The zero-order valence-electron chi connectivity index (χ0n) is 8.40. The van der Waals surface area contributed by atoms with E-state index in [0.29, 0.717) is 6.42 Å². The second-order valence-electron chi connectivity index (χ2n) is 3.82. The van der Waals surface area contributed by atoms with E-state index < -0.39 is 21.8 Å². The van der Waals surface area contributed by atoms with Crippen LogP contribution in [0.5, 0.6) is 0 Å². The largest absolute Gasteiger partial charge is 0.464 e. The number of rotatable bonds is 4. The first-order valence-electron chi connectivity index (χ1n) is 4.91. The van der Waals surface area contributed by atoms with Gasteiger partial charge in [-0.05, 0) is 6.42 Å². The predicted octanol–water partition coefficient (Wildman–Crippen LogP) is -0.239. The topological polar surface area (TPSA) is 89.9 Å². The van der Waals surface area contributed by atoms with Gasteiger partial charge in [0.25, 0.3) is 10.1 Å². The monoisotopic (exact) mass is 248 g/mol. The van der Waals surface area contributed by atoms with Crippen molar-refractivity contribution in [3.8, 4) is 0 Å². The van der Waals surface area contributed by atoms with Crippen LogP contribution in [-0.4, -0.2) is 43.5 Å². The van der Waals surface area contributed by atoms with Gasteiger partial charge in [0.2, 0.25) is 0 Å². The van der Waals surface area contributed by atoms with E-state index in [1.165, 1.54) is 0 Å². The third kappa shape index (κ3) is 2.60. The molecule has 2 rings (SSSR count). The lowest BCUT2D eigenvalue weighted by Crippen LogP contribution is -2.27. The molecule has 90 valence electrons. The molecule has 0 aromatic carbocycles. The van der Waals surface area contributed by atoms with Crippen LogP contribution in [0.3, 0.4) is 0 Å². The van der Waals surface area contributed by atoms with Crippen molar-refractivity contribution in [3.63, 3.8) is 0 Å². The van der Waals surface area contributed by atoms with Crippen LogP contribution in [0.2, 0.25) is 0 Å². The summed E-state index contributed by atoms with van der Waals surface area (Å²) in [7, 11) is -4.08. The average Bonchev–Trinajstić information content (AvgIpc) is 2.76. The Labute approximate surface area is 93.0 Å². The molecule has 2 aliphatic heterocycles. The Morgan fingerprint density at radius 1 is 1.50 bits per heavy atom. The fraction of sp³-hybridized carbons (Fsp3) is 0.667. The fourth-order valence-electron chi connectivity index (χ4n) is 1.86. The Balaban J connectivity index is 1.79. The molecule has 0 amide bonds. The summed E-state index contributed by atoms with van der Waals surface area (Å²) < 4.78 is 39.4. The zero-order chi connectivity index (χ0) is 11.8. The Kier molecular flexibility index (Phi) is 3.00.